The third-order valence-electron chi connectivity index (χ3n) is 8.32. The minimum atomic E-state index is -1.83. The van der Waals surface area contributed by atoms with Crippen molar-refractivity contribution in [2.24, 2.45) is 7.05 Å². The highest BCUT2D eigenvalue weighted by molar-refractivity contribution is 6.30. The molecule has 4 aromatic rings. The zero-order valence-corrected chi connectivity index (χ0v) is 24.8. The first kappa shape index (κ1) is 29.6. The third-order valence-corrected chi connectivity index (χ3v) is 8.57. The van der Waals surface area contributed by atoms with Gasteiger partial charge in [-0.05, 0) is 48.7 Å². The van der Waals surface area contributed by atoms with Gasteiger partial charge in [0.05, 0.1) is 35.0 Å². The standard InChI is InChI=1S/C32H28ClFN6O4/c1-3-31(43,27-10-11-39(2)38-27)21-12-25-29(26(34)13-21)32(20-4-6-22(33)7-5-20,44-24-9-8-23(41)14-24)40(30(25)42)18-28-36-16-19(15-35)17-37-28/h4-7,10-13,16-17,24,43H,3,8-9,14,18H2,1-2H3/t24-,31-,32+/m0/s1. The summed E-state index contributed by atoms with van der Waals surface area (Å²) in [6.45, 7) is 1.53. The molecule has 12 heteroatoms. The van der Waals surface area contributed by atoms with Crippen molar-refractivity contribution >= 4 is 23.3 Å². The fourth-order valence-corrected chi connectivity index (χ4v) is 6.18. The van der Waals surface area contributed by atoms with Crippen molar-refractivity contribution in [3.63, 3.8) is 0 Å². The fourth-order valence-electron chi connectivity index (χ4n) is 6.06. The minimum Gasteiger partial charge on any atom is -0.379 e. The Labute approximate surface area is 257 Å². The lowest BCUT2D eigenvalue weighted by Crippen LogP contribution is -2.48. The molecule has 1 amide bonds. The second-order valence-corrected chi connectivity index (χ2v) is 11.5. The molecule has 1 saturated carbocycles. The summed E-state index contributed by atoms with van der Waals surface area (Å²) in [5.74, 6) is -1.18. The molecular weight excluding hydrogens is 587 g/mol. The molecule has 1 N–H and O–H groups in total. The SMILES string of the molecule is CC[C@](O)(c1cc(F)c2c(c1)C(=O)N(Cc1ncc(C#N)cn1)[C@@]2(O[C@H]1CCC(=O)C1)c1ccc(Cl)cc1)c1ccn(C)n1. The van der Waals surface area contributed by atoms with Crippen molar-refractivity contribution in [2.75, 3.05) is 0 Å². The number of fused-ring (bicyclic) bond motifs is 1. The molecule has 2 aromatic carbocycles. The number of ketones is 1. The molecule has 44 heavy (non-hydrogen) atoms. The predicted octanol–water partition coefficient (Wildman–Crippen LogP) is 4.52. The van der Waals surface area contributed by atoms with Gasteiger partial charge in [-0.15, -0.1) is 0 Å². The average molecular weight is 615 g/mol. The van der Waals surface area contributed by atoms with Gasteiger partial charge in [-0.1, -0.05) is 30.7 Å². The molecule has 10 nitrogen and oxygen atoms in total. The van der Waals surface area contributed by atoms with Crippen LogP contribution in [0.2, 0.25) is 5.02 Å². The maximum absolute atomic E-state index is 16.8. The molecule has 2 aromatic heterocycles. The number of carbonyl (C=O) groups is 2. The van der Waals surface area contributed by atoms with Gasteiger partial charge in [-0.3, -0.25) is 19.2 Å². The molecule has 0 bridgehead atoms. The van der Waals surface area contributed by atoms with Crippen LogP contribution in [0.1, 0.15) is 76.7 Å². The van der Waals surface area contributed by atoms with Crippen LogP contribution in [0.5, 0.6) is 0 Å². The van der Waals surface area contributed by atoms with Gasteiger partial charge in [0.1, 0.15) is 29.1 Å². The fraction of sp³-hybridized carbons (Fsp3) is 0.312. The number of nitriles is 1. The summed E-state index contributed by atoms with van der Waals surface area (Å²) in [4.78, 5) is 36.6. The van der Waals surface area contributed by atoms with Crippen LogP contribution in [0.25, 0.3) is 0 Å². The van der Waals surface area contributed by atoms with Gasteiger partial charge in [-0.25, -0.2) is 14.4 Å². The lowest BCUT2D eigenvalue weighted by atomic mass is 9.84. The van der Waals surface area contributed by atoms with E-state index in [0.717, 1.165) is 0 Å². The number of carbonyl (C=O) groups excluding carboxylic acids is 2. The van der Waals surface area contributed by atoms with E-state index in [1.807, 2.05) is 6.07 Å². The van der Waals surface area contributed by atoms with E-state index < -0.39 is 29.2 Å². The van der Waals surface area contributed by atoms with Crippen molar-refractivity contribution in [1.82, 2.24) is 24.6 Å². The number of aromatic nitrogens is 4. The van der Waals surface area contributed by atoms with E-state index in [-0.39, 0.29) is 53.2 Å². The first-order chi connectivity index (χ1) is 21.1. The molecular formula is C32H28ClFN6O4. The van der Waals surface area contributed by atoms with Crippen LogP contribution in [0.15, 0.2) is 61.1 Å². The van der Waals surface area contributed by atoms with Gasteiger partial charge in [-0.2, -0.15) is 10.4 Å². The molecule has 0 radical (unpaired) electrons. The van der Waals surface area contributed by atoms with E-state index in [1.54, 1.807) is 50.5 Å². The molecule has 1 aliphatic heterocycles. The molecule has 224 valence electrons. The number of halogens is 2. The van der Waals surface area contributed by atoms with E-state index in [4.69, 9.17) is 16.3 Å². The van der Waals surface area contributed by atoms with Crippen LogP contribution in [0.4, 0.5) is 4.39 Å². The summed E-state index contributed by atoms with van der Waals surface area (Å²) < 4.78 is 25.0. The Morgan fingerprint density at radius 3 is 2.52 bits per heavy atom. The van der Waals surface area contributed by atoms with Gasteiger partial charge >= 0.3 is 0 Å². The van der Waals surface area contributed by atoms with Crippen LogP contribution in [0.3, 0.4) is 0 Å². The first-order valence-corrected chi connectivity index (χ1v) is 14.5. The molecule has 0 saturated heterocycles. The van der Waals surface area contributed by atoms with E-state index in [0.29, 0.717) is 29.1 Å². The number of hydrogen-bond acceptors (Lipinski definition) is 8. The number of rotatable bonds is 8. The lowest BCUT2D eigenvalue weighted by molar-refractivity contribution is -0.149. The summed E-state index contributed by atoms with van der Waals surface area (Å²) in [5.41, 5.74) is -2.50. The normalized spacial score (nSPS) is 20.9. The van der Waals surface area contributed by atoms with Gasteiger partial charge < -0.3 is 9.84 Å². The van der Waals surface area contributed by atoms with Crippen molar-refractivity contribution < 1.29 is 23.8 Å². The van der Waals surface area contributed by atoms with Crippen LogP contribution >= 0.6 is 11.6 Å². The van der Waals surface area contributed by atoms with E-state index in [2.05, 4.69) is 15.1 Å². The predicted molar refractivity (Wildman–Crippen MR) is 155 cm³/mol. The topological polar surface area (TPSA) is 134 Å². The number of hydrogen-bond donors (Lipinski definition) is 1. The average Bonchev–Trinajstić information content (AvgIpc) is 3.71. The smallest absolute Gasteiger partial charge is 0.257 e. The first-order valence-electron chi connectivity index (χ1n) is 14.1. The van der Waals surface area contributed by atoms with E-state index in [9.17, 15) is 20.0 Å². The lowest BCUT2D eigenvalue weighted by Gasteiger charge is -2.41. The monoisotopic (exact) mass is 614 g/mol. The Bertz CT molecular complexity index is 1800. The number of aryl methyl sites for hydroxylation is 1. The van der Waals surface area contributed by atoms with Gasteiger partial charge in [0.15, 0.2) is 0 Å². The summed E-state index contributed by atoms with van der Waals surface area (Å²) >= 11 is 6.23. The second kappa shape index (κ2) is 11.2. The number of nitrogens with zero attached hydrogens (tertiary/aromatic N) is 6. The van der Waals surface area contributed by atoms with Gasteiger partial charge in [0, 0.05) is 49.1 Å². The van der Waals surface area contributed by atoms with Crippen LogP contribution in [-0.4, -0.2) is 47.5 Å². The third kappa shape index (κ3) is 4.85. The number of amides is 1. The number of ether oxygens (including phenoxy) is 1. The van der Waals surface area contributed by atoms with Crippen molar-refractivity contribution in [1.29, 1.82) is 5.26 Å². The Kier molecular flexibility index (Phi) is 7.53. The van der Waals surface area contributed by atoms with Crippen LogP contribution in [0, 0.1) is 17.1 Å². The number of benzene rings is 2. The van der Waals surface area contributed by atoms with Gasteiger partial charge in [0.2, 0.25) is 5.72 Å². The van der Waals surface area contributed by atoms with Crippen LogP contribution in [-0.2, 0) is 34.4 Å². The molecule has 1 aliphatic carbocycles. The highest BCUT2D eigenvalue weighted by Crippen LogP contribution is 2.50. The quantitative estimate of drug-likeness (QED) is 0.306. The second-order valence-electron chi connectivity index (χ2n) is 11.0. The van der Waals surface area contributed by atoms with E-state index >= 15 is 4.39 Å². The molecule has 0 unspecified atom stereocenters. The van der Waals surface area contributed by atoms with Crippen LogP contribution < -0.4 is 0 Å². The summed E-state index contributed by atoms with van der Waals surface area (Å²) in [7, 11) is 1.71. The Balaban J connectivity index is 1.58. The molecule has 2 aliphatic rings. The highest BCUT2D eigenvalue weighted by atomic mass is 35.5. The number of Topliss-reactive ketones (excluding diaryl/α,β-unsaturated/α-hetero) is 1. The number of aliphatic hydroxyl groups is 1. The Morgan fingerprint density at radius 1 is 1.20 bits per heavy atom. The van der Waals surface area contributed by atoms with Crippen molar-refractivity contribution in [2.45, 2.75) is 56.6 Å². The van der Waals surface area contributed by atoms with Crippen molar-refractivity contribution in [3.8, 4) is 6.07 Å². The maximum atomic E-state index is 16.8. The zero-order chi connectivity index (χ0) is 31.2. The molecule has 0 spiro atoms. The van der Waals surface area contributed by atoms with E-state index in [1.165, 1.54) is 34.1 Å². The van der Waals surface area contributed by atoms with Gasteiger partial charge in [0.25, 0.3) is 5.91 Å². The summed E-state index contributed by atoms with van der Waals surface area (Å²) in [6, 6.07) is 12.8. The summed E-state index contributed by atoms with van der Waals surface area (Å²) in [5, 5.41) is 25.8. The molecule has 1 fully saturated rings. The largest absolute Gasteiger partial charge is 0.379 e. The molecule has 6 rings (SSSR count). The Morgan fingerprint density at radius 2 is 1.93 bits per heavy atom. The Hall–Kier alpha value is -4.50. The maximum Gasteiger partial charge on any atom is 0.257 e. The zero-order valence-electron chi connectivity index (χ0n) is 24.0. The molecule has 3 atom stereocenters. The molecule has 3 heterocycles. The minimum absolute atomic E-state index is 0.00645. The highest BCUT2D eigenvalue weighted by Gasteiger charge is 2.56. The summed E-state index contributed by atoms with van der Waals surface area (Å²) in [6.07, 6.45) is 4.70. The van der Waals surface area contributed by atoms with Crippen molar-refractivity contribution in [3.05, 3.63) is 111 Å².